The van der Waals surface area contributed by atoms with Crippen molar-refractivity contribution in [1.29, 1.82) is 0 Å². The van der Waals surface area contributed by atoms with E-state index in [2.05, 4.69) is 38.7 Å². The van der Waals surface area contributed by atoms with Gasteiger partial charge in [0.15, 0.2) is 0 Å². The van der Waals surface area contributed by atoms with Crippen LogP contribution in [0.1, 0.15) is 10.8 Å². The van der Waals surface area contributed by atoms with E-state index in [0.29, 0.717) is 10.0 Å². The van der Waals surface area contributed by atoms with Crippen LogP contribution in [0.4, 0.5) is 5.69 Å². The van der Waals surface area contributed by atoms with Gasteiger partial charge in [0.2, 0.25) is 6.41 Å². The molecule has 1 aliphatic heterocycles. The summed E-state index contributed by atoms with van der Waals surface area (Å²) in [6.07, 6.45) is 6.49. The van der Waals surface area contributed by atoms with E-state index < -0.39 is 0 Å². The number of carbonyl (C=O) groups is 1. The van der Waals surface area contributed by atoms with E-state index in [9.17, 15) is 4.79 Å². The smallest absolute Gasteiger partial charge is 0.209 e. The van der Waals surface area contributed by atoms with E-state index >= 15 is 0 Å². The summed E-state index contributed by atoms with van der Waals surface area (Å²) < 4.78 is 2.06. The van der Waals surface area contributed by atoms with Crippen LogP contribution in [-0.4, -0.2) is 47.0 Å². The second-order valence-electron chi connectivity index (χ2n) is 7.15. The molecule has 156 valence electrons. The molecule has 0 saturated carbocycles. The number of hydrogen-bond acceptors (Lipinski definition) is 4. The van der Waals surface area contributed by atoms with Crippen LogP contribution >= 0.6 is 35.0 Å². The van der Waals surface area contributed by atoms with E-state index in [0.717, 1.165) is 44.7 Å². The zero-order chi connectivity index (χ0) is 20.9. The Bertz CT molecular complexity index is 973. The number of piperazine rings is 1. The molecule has 3 aromatic rings. The quantitative estimate of drug-likeness (QED) is 0.367. The molecule has 0 radical (unpaired) electrons. The van der Waals surface area contributed by atoms with Crippen LogP contribution in [0.2, 0.25) is 10.0 Å². The number of carbonyl (C=O) groups excluding carboxylic acids is 1. The first-order chi connectivity index (χ1) is 14.6. The van der Waals surface area contributed by atoms with Gasteiger partial charge in [-0.3, -0.25) is 4.79 Å². The Balaban J connectivity index is 1.50. The zero-order valence-electron chi connectivity index (χ0n) is 16.3. The Kier molecular flexibility index (Phi) is 6.87. The van der Waals surface area contributed by atoms with Gasteiger partial charge in [-0.05, 0) is 42.0 Å². The fraction of sp³-hybridized carbons (Fsp3) is 0.273. The zero-order valence-corrected chi connectivity index (χ0v) is 18.7. The Labute approximate surface area is 190 Å². The third-order valence-electron chi connectivity index (χ3n) is 5.19. The minimum Gasteiger partial charge on any atom is -0.368 e. The highest BCUT2D eigenvalue weighted by molar-refractivity contribution is 7.99. The highest BCUT2D eigenvalue weighted by atomic mass is 35.5. The van der Waals surface area contributed by atoms with Gasteiger partial charge in [-0.1, -0.05) is 29.3 Å². The van der Waals surface area contributed by atoms with Crippen molar-refractivity contribution >= 4 is 47.1 Å². The average molecular weight is 461 g/mol. The predicted octanol–water partition coefficient (Wildman–Crippen LogP) is 5.00. The molecule has 5 nitrogen and oxygen atoms in total. The largest absolute Gasteiger partial charge is 0.368 e. The lowest BCUT2D eigenvalue weighted by Crippen LogP contribution is -2.45. The molecule has 1 saturated heterocycles. The number of rotatable bonds is 7. The maximum Gasteiger partial charge on any atom is 0.209 e. The number of imidazole rings is 1. The molecule has 0 aliphatic carbocycles. The van der Waals surface area contributed by atoms with Gasteiger partial charge in [-0.15, -0.1) is 11.8 Å². The lowest BCUT2D eigenvalue weighted by atomic mass is 10.1. The molecular weight excluding hydrogens is 439 g/mol. The standard InChI is InChI=1S/C22H22Cl2N4OS/c23-17-1-6-20(21(24)13-17)22(14-27-8-7-25-15-27)30-19-4-2-18(3-5-19)28-11-9-26(16-29)10-12-28/h1-8,13,15-16,22H,9-12,14H2. The van der Waals surface area contributed by atoms with Crippen LogP contribution in [0.3, 0.4) is 0 Å². The first-order valence-electron chi connectivity index (χ1n) is 9.74. The lowest BCUT2D eigenvalue weighted by molar-refractivity contribution is -0.118. The number of amides is 1. The van der Waals surface area contributed by atoms with Crippen molar-refractivity contribution in [1.82, 2.24) is 14.5 Å². The molecule has 1 amide bonds. The molecule has 1 aromatic heterocycles. The van der Waals surface area contributed by atoms with Crippen molar-refractivity contribution in [3.8, 4) is 0 Å². The van der Waals surface area contributed by atoms with Crippen molar-refractivity contribution < 1.29 is 4.79 Å². The van der Waals surface area contributed by atoms with E-state index in [1.165, 1.54) is 10.6 Å². The minimum absolute atomic E-state index is 0.117. The fourth-order valence-electron chi connectivity index (χ4n) is 3.53. The normalized spacial score (nSPS) is 15.3. The molecule has 0 spiro atoms. The van der Waals surface area contributed by atoms with Gasteiger partial charge in [0.25, 0.3) is 0 Å². The molecule has 30 heavy (non-hydrogen) atoms. The Hall–Kier alpha value is -2.15. The number of aromatic nitrogens is 2. The molecular formula is C22H22Cl2N4OS. The van der Waals surface area contributed by atoms with Crippen molar-refractivity contribution in [3.05, 3.63) is 76.8 Å². The molecule has 1 fully saturated rings. The van der Waals surface area contributed by atoms with Crippen molar-refractivity contribution in [3.63, 3.8) is 0 Å². The SMILES string of the molecule is O=CN1CCN(c2ccc(SC(Cn3ccnc3)c3ccc(Cl)cc3Cl)cc2)CC1. The second-order valence-corrected chi connectivity index (χ2v) is 9.27. The van der Waals surface area contributed by atoms with Crippen LogP contribution in [0, 0.1) is 0 Å². The van der Waals surface area contributed by atoms with E-state index in [4.69, 9.17) is 23.2 Å². The third-order valence-corrected chi connectivity index (χ3v) is 6.98. The molecule has 0 bridgehead atoms. The Morgan fingerprint density at radius 3 is 2.47 bits per heavy atom. The van der Waals surface area contributed by atoms with Crippen molar-refractivity contribution in [2.75, 3.05) is 31.1 Å². The molecule has 1 unspecified atom stereocenters. The predicted molar refractivity (Wildman–Crippen MR) is 124 cm³/mol. The minimum atomic E-state index is 0.117. The highest BCUT2D eigenvalue weighted by Gasteiger charge is 2.19. The van der Waals surface area contributed by atoms with Crippen LogP contribution in [0.25, 0.3) is 0 Å². The summed E-state index contributed by atoms with van der Waals surface area (Å²) >= 11 is 14.4. The lowest BCUT2D eigenvalue weighted by Gasteiger charge is -2.34. The highest BCUT2D eigenvalue weighted by Crippen LogP contribution is 2.40. The molecule has 1 aliphatic rings. The molecule has 2 heterocycles. The summed E-state index contributed by atoms with van der Waals surface area (Å²) in [4.78, 5) is 20.4. The molecule has 8 heteroatoms. The van der Waals surface area contributed by atoms with Gasteiger partial charge in [-0.2, -0.15) is 0 Å². The second kappa shape index (κ2) is 9.77. The number of hydrogen-bond donors (Lipinski definition) is 0. The van der Waals surface area contributed by atoms with E-state index in [1.54, 1.807) is 24.0 Å². The fourth-order valence-corrected chi connectivity index (χ4v) is 5.34. The van der Waals surface area contributed by atoms with Gasteiger partial charge in [0, 0.05) is 65.7 Å². The van der Waals surface area contributed by atoms with E-state index in [1.807, 2.05) is 29.6 Å². The molecule has 4 rings (SSSR count). The molecule has 0 N–H and O–H groups in total. The summed E-state index contributed by atoms with van der Waals surface area (Å²) in [6.45, 7) is 4.00. The monoisotopic (exact) mass is 460 g/mol. The number of thioether (sulfide) groups is 1. The van der Waals surface area contributed by atoms with Gasteiger partial charge in [0.05, 0.1) is 11.6 Å². The van der Waals surface area contributed by atoms with Crippen LogP contribution in [0.5, 0.6) is 0 Å². The van der Waals surface area contributed by atoms with Gasteiger partial charge < -0.3 is 14.4 Å². The van der Waals surface area contributed by atoms with Crippen molar-refractivity contribution in [2.45, 2.75) is 16.7 Å². The summed E-state index contributed by atoms with van der Waals surface area (Å²) in [6, 6.07) is 14.3. The van der Waals surface area contributed by atoms with Crippen LogP contribution in [-0.2, 0) is 11.3 Å². The maximum atomic E-state index is 10.9. The van der Waals surface area contributed by atoms with E-state index in [-0.39, 0.29) is 5.25 Å². The number of benzene rings is 2. The number of nitrogens with zero attached hydrogens (tertiary/aromatic N) is 4. The molecule has 1 atom stereocenters. The van der Waals surface area contributed by atoms with Crippen molar-refractivity contribution in [2.24, 2.45) is 0 Å². The third kappa shape index (κ3) is 5.12. The van der Waals surface area contributed by atoms with Gasteiger partial charge in [-0.25, -0.2) is 4.98 Å². The summed E-state index contributed by atoms with van der Waals surface area (Å²) in [5, 5.41) is 1.42. The topological polar surface area (TPSA) is 41.4 Å². The average Bonchev–Trinajstić information content (AvgIpc) is 3.27. The van der Waals surface area contributed by atoms with Crippen LogP contribution in [0.15, 0.2) is 66.1 Å². The number of anilines is 1. The molecule has 2 aromatic carbocycles. The summed E-state index contributed by atoms with van der Waals surface area (Å²) in [5.74, 6) is 0. The first kappa shape index (κ1) is 21.1. The van der Waals surface area contributed by atoms with Gasteiger partial charge >= 0.3 is 0 Å². The summed E-state index contributed by atoms with van der Waals surface area (Å²) in [7, 11) is 0. The number of halogens is 2. The maximum absolute atomic E-state index is 10.9. The Morgan fingerprint density at radius 1 is 1.07 bits per heavy atom. The van der Waals surface area contributed by atoms with Crippen LogP contribution < -0.4 is 4.90 Å². The first-order valence-corrected chi connectivity index (χ1v) is 11.4. The Morgan fingerprint density at radius 2 is 1.83 bits per heavy atom. The summed E-state index contributed by atoms with van der Waals surface area (Å²) in [5.41, 5.74) is 2.23. The van der Waals surface area contributed by atoms with Gasteiger partial charge in [0.1, 0.15) is 0 Å².